The summed E-state index contributed by atoms with van der Waals surface area (Å²) in [6, 6.07) is 5.80. The highest BCUT2D eigenvalue weighted by molar-refractivity contribution is 5.76. The van der Waals surface area contributed by atoms with Crippen LogP contribution in [0, 0.1) is 6.92 Å². The van der Waals surface area contributed by atoms with Gasteiger partial charge in [0, 0.05) is 25.0 Å². The van der Waals surface area contributed by atoms with Crippen molar-refractivity contribution in [3.8, 4) is 5.75 Å². The van der Waals surface area contributed by atoms with Crippen molar-refractivity contribution in [1.29, 1.82) is 0 Å². The average Bonchev–Trinajstić information content (AvgIpc) is 2.92. The summed E-state index contributed by atoms with van der Waals surface area (Å²) in [5.74, 6) is 0.788. The summed E-state index contributed by atoms with van der Waals surface area (Å²) in [6.07, 6.45) is 4.71. The van der Waals surface area contributed by atoms with E-state index in [1.54, 1.807) is 31.5 Å². The standard InChI is InChI=1S/C14H17N3O2/c1-11-4-5-13(19-3)12(8-11)9-16(2)14(18)17-7-6-15-10-17/h4-8,10H,9H2,1-3H3. The SMILES string of the molecule is COc1ccc(C)cc1CN(C)C(=O)n1ccnc1. The number of ether oxygens (including phenoxy) is 1. The molecule has 0 unspecified atom stereocenters. The minimum atomic E-state index is -0.124. The highest BCUT2D eigenvalue weighted by atomic mass is 16.5. The van der Waals surface area contributed by atoms with E-state index < -0.39 is 0 Å². The summed E-state index contributed by atoms with van der Waals surface area (Å²) in [5.41, 5.74) is 2.12. The zero-order valence-electron chi connectivity index (χ0n) is 11.3. The van der Waals surface area contributed by atoms with Gasteiger partial charge in [-0.3, -0.25) is 4.57 Å². The van der Waals surface area contributed by atoms with Crippen LogP contribution < -0.4 is 4.74 Å². The van der Waals surface area contributed by atoms with Crippen molar-refractivity contribution in [1.82, 2.24) is 14.5 Å². The fraction of sp³-hybridized carbons (Fsp3) is 0.286. The summed E-state index contributed by atoms with van der Waals surface area (Å²) >= 11 is 0. The van der Waals surface area contributed by atoms with Crippen molar-refractivity contribution < 1.29 is 9.53 Å². The van der Waals surface area contributed by atoms with Crippen LogP contribution >= 0.6 is 0 Å². The van der Waals surface area contributed by atoms with E-state index >= 15 is 0 Å². The first-order valence-corrected chi connectivity index (χ1v) is 5.98. The van der Waals surface area contributed by atoms with Gasteiger partial charge in [-0.25, -0.2) is 9.78 Å². The number of benzene rings is 1. The molecule has 2 rings (SSSR count). The highest BCUT2D eigenvalue weighted by Crippen LogP contribution is 2.21. The smallest absolute Gasteiger partial charge is 0.329 e. The predicted molar refractivity (Wildman–Crippen MR) is 72.2 cm³/mol. The molecular formula is C14H17N3O2. The van der Waals surface area contributed by atoms with Gasteiger partial charge in [0.05, 0.1) is 13.7 Å². The first-order chi connectivity index (χ1) is 9.11. The molecule has 0 aliphatic rings. The van der Waals surface area contributed by atoms with Crippen LogP contribution in [0.2, 0.25) is 0 Å². The fourth-order valence-corrected chi connectivity index (χ4v) is 1.92. The molecule has 0 atom stereocenters. The molecule has 1 amide bonds. The van der Waals surface area contributed by atoms with Crippen LogP contribution in [-0.4, -0.2) is 34.6 Å². The minimum absolute atomic E-state index is 0.124. The van der Waals surface area contributed by atoms with Gasteiger partial charge in [0.15, 0.2) is 0 Å². The minimum Gasteiger partial charge on any atom is -0.496 e. The lowest BCUT2D eigenvalue weighted by Gasteiger charge is -2.19. The molecule has 0 fully saturated rings. The van der Waals surface area contributed by atoms with E-state index in [1.807, 2.05) is 25.1 Å². The molecular weight excluding hydrogens is 242 g/mol. The first kappa shape index (κ1) is 13.1. The maximum atomic E-state index is 12.1. The van der Waals surface area contributed by atoms with E-state index in [4.69, 9.17) is 4.74 Å². The van der Waals surface area contributed by atoms with Gasteiger partial charge in [-0.2, -0.15) is 0 Å². The van der Waals surface area contributed by atoms with Crippen LogP contribution in [0.5, 0.6) is 5.75 Å². The zero-order valence-corrected chi connectivity index (χ0v) is 11.3. The van der Waals surface area contributed by atoms with Crippen molar-refractivity contribution >= 4 is 6.03 Å². The van der Waals surface area contributed by atoms with Gasteiger partial charge in [-0.15, -0.1) is 0 Å². The van der Waals surface area contributed by atoms with Gasteiger partial charge in [0.25, 0.3) is 0 Å². The Kier molecular flexibility index (Phi) is 3.85. The van der Waals surface area contributed by atoms with Crippen molar-refractivity contribution in [2.75, 3.05) is 14.2 Å². The normalized spacial score (nSPS) is 10.3. The third-order valence-electron chi connectivity index (χ3n) is 2.90. The Bertz CT molecular complexity index is 564. The van der Waals surface area contributed by atoms with E-state index in [1.165, 1.54) is 10.9 Å². The molecule has 5 nitrogen and oxygen atoms in total. The third kappa shape index (κ3) is 2.93. The molecule has 0 saturated heterocycles. The second-order valence-corrected chi connectivity index (χ2v) is 4.42. The number of aromatic nitrogens is 2. The van der Waals surface area contributed by atoms with Crippen LogP contribution in [0.1, 0.15) is 11.1 Å². The van der Waals surface area contributed by atoms with E-state index in [9.17, 15) is 4.79 Å². The third-order valence-corrected chi connectivity index (χ3v) is 2.90. The summed E-state index contributed by atoms with van der Waals surface area (Å²) in [6.45, 7) is 2.50. The van der Waals surface area contributed by atoms with Gasteiger partial charge in [0.2, 0.25) is 0 Å². The quantitative estimate of drug-likeness (QED) is 0.849. The van der Waals surface area contributed by atoms with Crippen LogP contribution in [0.4, 0.5) is 4.79 Å². The number of rotatable bonds is 3. The molecule has 5 heteroatoms. The lowest BCUT2D eigenvalue weighted by Crippen LogP contribution is -2.30. The topological polar surface area (TPSA) is 47.4 Å². The van der Waals surface area contributed by atoms with Crippen LogP contribution in [0.3, 0.4) is 0 Å². The maximum Gasteiger partial charge on any atom is 0.329 e. The molecule has 0 saturated carbocycles. The van der Waals surface area contributed by atoms with Gasteiger partial charge in [-0.1, -0.05) is 17.7 Å². The lowest BCUT2D eigenvalue weighted by molar-refractivity contribution is 0.208. The van der Waals surface area contributed by atoms with E-state index in [0.717, 1.165) is 16.9 Å². The number of carbonyl (C=O) groups is 1. The number of imidazole rings is 1. The summed E-state index contributed by atoms with van der Waals surface area (Å²) in [4.78, 5) is 17.6. The molecule has 0 spiro atoms. The molecule has 100 valence electrons. The van der Waals surface area contributed by atoms with Gasteiger partial charge < -0.3 is 9.64 Å². The predicted octanol–water partition coefficient (Wildman–Crippen LogP) is 2.30. The molecule has 0 N–H and O–H groups in total. The van der Waals surface area contributed by atoms with E-state index in [-0.39, 0.29) is 6.03 Å². The van der Waals surface area contributed by atoms with Crippen LogP contribution in [0.25, 0.3) is 0 Å². The molecule has 1 aromatic carbocycles. The average molecular weight is 259 g/mol. The largest absolute Gasteiger partial charge is 0.496 e. The van der Waals surface area contributed by atoms with Crippen molar-refractivity contribution in [3.63, 3.8) is 0 Å². The Balaban J connectivity index is 2.17. The highest BCUT2D eigenvalue weighted by Gasteiger charge is 2.13. The fourth-order valence-electron chi connectivity index (χ4n) is 1.92. The van der Waals surface area contributed by atoms with Gasteiger partial charge in [-0.05, 0) is 13.0 Å². The summed E-state index contributed by atoms with van der Waals surface area (Å²) in [5, 5.41) is 0. The Morgan fingerprint density at radius 2 is 2.26 bits per heavy atom. The number of hydrogen-bond donors (Lipinski definition) is 0. The molecule has 0 bridgehead atoms. The number of carbonyl (C=O) groups excluding carboxylic acids is 1. The molecule has 19 heavy (non-hydrogen) atoms. The molecule has 0 aliphatic heterocycles. The lowest BCUT2D eigenvalue weighted by atomic mass is 10.1. The molecule has 1 aromatic heterocycles. The van der Waals surface area contributed by atoms with Gasteiger partial charge in [0.1, 0.15) is 12.1 Å². The molecule has 0 aliphatic carbocycles. The van der Waals surface area contributed by atoms with E-state index in [2.05, 4.69) is 4.98 Å². The molecule has 1 heterocycles. The Morgan fingerprint density at radius 3 is 2.89 bits per heavy atom. The zero-order chi connectivity index (χ0) is 13.8. The second-order valence-electron chi connectivity index (χ2n) is 4.42. The Labute approximate surface area is 112 Å². The van der Waals surface area contributed by atoms with Crippen molar-refractivity contribution in [3.05, 3.63) is 48.0 Å². The van der Waals surface area contributed by atoms with Crippen molar-refractivity contribution in [2.45, 2.75) is 13.5 Å². The van der Waals surface area contributed by atoms with E-state index in [0.29, 0.717) is 6.54 Å². The van der Waals surface area contributed by atoms with Crippen LogP contribution in [-0.2, 0) is 6.54 Å². The summed E-state index contributed by atoms with van der Waals surface area (Å²) in [7, 11) is 3.38. The number of aryl methyl sites for hydroxylation is 1. The Morgan fingerprint density at radius 1 is 1.47 bits per heavy atom. The number of amides is 1. The summed E-state index contributed by atoms with van der Waals surface area (Å²) < 4.78 is 6.76. The molecule has 2 aromatic rings. The van der Waals surface area contributed by atoms with Crippen LogP contribution in [0.15, 0.2) is 36.9 Å². The monoisotopic (exact) mass is 259 g/mol. The van der Waals surface area contributed by atoms with Gasteiger partial charge >= 0.3 is 6.03 Å². The number of methoxy groups -OCH3 is 1. The second kappa shape index (κ2) is 5.56. The maximum absolute atomic E-state index is 12.1. The number of nitrogens with zero attached hydrogens (tertiary/aromatic N) is 3. The first-order valence-electron chi connectivity index (χ1n) is 5.98. The van der Waals surface area contributed by atoms with Crippen molar-refractivity contribution in [2.24, 2.45) is 0 Å². The molecule has 0 radical (unpaired) electrons. The Hall–Kier alpha value is -2.30. The number of hydrogen-bond acceptors (Lipinski definition) is 3.